The minimum atomic E-state index is 0.0187. The zero-order valence-electron chi connectivity index (χ0n) is 17.0. The Labute approximate surface area is 166 Å². The second-order valence-electron chi connectivity index (χ2n) is 7.65. The van der Waals surface area contributed by atoms with Gasteiger partial charge >= 0.3 is 0 Å². The van der Waals surface area contributed by atoms with Crippen molar-refractivity contribution in [1.29, 1.82) is 0 Å². The van der Waals surface area contributed by atoms with Gasteiger partial charge in [0.25, 0.3) is 5.91 Å². The quantitative estimate of drug-likeness (QED) is 0.772. The summed E-state index contributed by atoms with van der Waals surface area (Å²) >= 11 is 0. The Kier molecular flexibility index (Phi) is 5.29. The van der Waals surface area contributed by atoms with Gasteiger partial charge in [-0.2, -0.15) is 5.10 Å². The third kappa shape index (κ3) is 3.36. The van der Waals surface area contributed by atoms with Crippen LogP contribution in [0.4, 0.5) is 0 Å². The number of hydrogen-bond acceptors (Lipinski definition) is 4. The molecule has 1 fully saturated rings. The summed E-state index contributed by atoms with van der Waals surface area (Å²) in [5.74, 6) is 1.58. The van der Waals surface area contributed by atoms with Crippen LogP contribution in [0.2, 0.25) is 0 Å². The maximum atomic E-state index is 13.3. The van der Waals surface area contributed by atoms with Crippen molar-refractivity contribution in [3.8, 4) is 11.5 Å². The molecule has 2 aliphatic rings. The fourth-order valence-electron chi connectivity index (χ4n) is 4.37. The number of carbonyl (C=O) groups is 1. The smallest absolute Gasteiger partial charge is 0.274 e. The third-order valence-corrected chi connectivity index (χ3v) is 5.89. The molecule has 6 nitrogen and oxygen atoms in total. The molecular weight excluding hydrogens is 354 g/mol. The average Bonchev–Trinajstić information content (AvgIpc) is 3.36. The molecule has 0 aliphatic carbocycles. The number of hydrogen-bond donors (Lipinski definition) is 0. The Hall–Kier alpha value is -2.50. The lowest BCUT2D eigenvalue weighted by Gasteiger charge is -2.26. The molecule has 0 N–H and O–H groups in total. The molecule has 0 unspecified atom stereocenters. The molecule has 150 valence electrons. The van der Waals surface area contributed by atoms with Crippen LogP contribution in [0.3, 0.4) is 0 Å². The van der Waals surface area contributed by atoms with Crippen LogP contribution in [-0.2, 0) is 0 Å². The molecule has 4 rings (SSSR count). The summed E-state index contributed by atoms with van der Waals surface area (Å²) in [6.45, 7) is 8.26. The van der Waals surface area contributed by atoms with Gasteiger partial charge in [0.15, 0.2) is 17.2 Å². The lowest BCUT2D eigenvalue weighted by molar-refractivity contribution is 0.0727. The van der Waals surface area contributed by atoms with Crippen molar-refractivity contribution in [3.63, 3.8) is 0 Å². The second-order valence-corrected chi connectivity index (χ2v) is 7.65. The van der Waals surface area contributed by atoms with Gasteiger partial charge in [-0.05, 0) is 56.4 Å². The number of ether oxygens (including phenoxy) is 2. The van der Waals surface area contributed by atoms with Crippen molar-refractivity contribution in [2.75, 3.05) is 19.8 Å². The average molecular weight is 383 g/mol. The zero-order chi connectivity index (χ0) is 19.7. The van der Waals surface area contributed by atoms with Gasteiger partial charge < -0.3 is 14.4 Å². The highest BCUT2D eigenvalue weighted by Crippen LogP contribution is 2.38. The number of carbonyl (C=O) groups excluding carboxylic acids is 1. The first-order valence-electron chi connectivity index (χ1n) is 10.4. The molecule has 2 aliphatic heterocycles. The SMILES string of the molecule is CCC(CC)n1nc(C(=O)N2CCC[C@@H]2c2ccc3c(c2)OCCO3)cc1C. The van der Waals surface area contributed by atoms with Gasteiger partial charge in [-0.25, -0.2) is 0 Å². The van der Waals surface area contributed by atoms with E-state index in [1.54, 1.807) is 0 Å². The van der Waals surface area contributed by atoms with E-state index in [0.717, 1.165) is 55.0 Å². The summed E-state index contributed by atoms with van der Waals surface area (Å²) < 4.78 is 13.4. The van der Waals surface area contributed by atoms with Crippen molar-refractivity contribution in [1.82, 2.24) is 14.7 Å². The Morgan fingerprint density at radius 2 is 1.93 bits per heavy atom. The number of aryl methyl sites for hydroxylation is 1. The van der Waals surface area contributed by atoms with E-state index in [0.29, 0.717) is 24.9 Å². The molecule has 0 spiro atoms. The lowest BCUT2D eigenvalue weighted by atomic mass is 10.0. The number of fused-ring (bicyclic) bond motifs is 1. The summed E-state index contributed by atoms with van der Waals surface area (Å²) in [5, 5.41) is 4.68. The third-order valence-electron chi connectivity index (χ3n) is 5.89. The van der Waals surface area contributed by atoms with Gasteiger partial charge in [-0.15, -0.1) is 0 Å². The van der Waals surface area contributed by atoms with Crippen molar-refractivity contribution < 1.29 is 14.3 Å². The Morgan fingerprint density at radius 3 is 2.68 bits per heavy atom. The van der Waals surface area contributed by atoms with Crippen LogP contribution in [0.15, 0.2) is 24.3 Å². The summed E-state index contributed by atoms with van der Waals surface area (Å²) in [4.78, 5) is 15.2. The highest BCUT2D eigenvalue weighted by Gasteiger charge is 2.33. The topological polar surface area (TPSA) is 56.6 Å². The molecule has 0 saturated carbocycles. The number of nitrogens with zero attached hydrogens (tertiary/aromatic N) is 3. The summed E-state index contributed by atoms with van der Waals surface area (Å²) in [7, 11) is 0. The number of rotatable bonds is 5. The van der Waals surface area contributed by atoms with Crippen LogP contribution >= 0.6 is 0 Å². The van der Waals surface area contributed by atoms with Crippen molar-refractivity contribution in [3.05, 3.63) is 41.2 Å². The van der Waals surface area contributed by atoms with E-state index < -0.39 is 0 Å². The van der Waals surface area contributed by atoms with E-state index in [4.69, 9.17) is 9.47 Å². The maximum absolute atomic E-state index is 13.3. The van der Waals surface area contributed by atoms with Gasteiger partial charge in [-0.3, -0.25) is 9.48 Å². The molecule has 0 bridgehead atoms. The number of likely N-dealkylation sites (tertiary alicyclic amines) is 1. The summed E-state index contributed by atoms with van der Waals surface area (Å²) in [5.41, 5.74) is 2.70. The molecule has 0 radical (unpaired) electrons. The highest BCUT2D eigenvalue weighted by atomic mass is 16.6. The van der Waals surface area contributed by atoms with Crippen LogP contribution in [0.1, 0.15) is 73.4 Å². The molecule has 6 heteroatoms. The van der Waals surface area contributed by atoms with E-state index in [1.807, 2.05) is 34.7 Å². The summed E-state index contributed by atoms with van der Waals surface area (Å²) in [6.07, 6.45) is 3.97. The minimum Gasteiger partial charge on any atom is -0.486 e. The van der Waals surface area contributed by atoms with Crippen LogP contribution in [0.5, 0.6) is 11.5 Å². The van der Waals surface area contributed by atoms with E-state index in [1.165, 1.54) is 0 Å². The lowest BCUT2D eigenvalue weighted by Crippen LogP contribution is -2.31. The summed E-state index contributed by atoms with van der Waals surface area (Å²) in [6, 6.07) is 8.36. The maximum Gasteiger partial charge on any atom is 0.274 e. The van der Waals surface area contributed by atoms with Gasteiger partial charge in [0.05, 0.1) is 12.1 Å². The number of amides is 1. The largest absolute Gasteiger partial charge is 0.486 e. The molecule has 2 aromatic rings. The van der Waals surface area contributed by atoms with Crippen LogP contribution in [0.25, 0.3) is 0 Å². The Bertz CT molecular complexity index is 857. The Balaban J connectivity index is 1.58. The van der Waals surface area contributed by atoms with Crippen LogP contribution in [0, 0.1) is 6.92 Å². The zero-order valence-corrected chi connectivity index (χ0v) is 17.0. The standard InChI is InChI=1S/C22H29N3O3/c1-4-17(5-2)25-15(3)13-18(23-25)22(26)24-10-6-7-19(24)16-8-9-20-21(14-16)28-12-11-27-20/h8-9,13-14,17,19H,4-7,10-12H2,1-3H3/t19-/m1/s1. The van der Waals surface area contributed by atoms with E-state index >= 15 is 0 Å². The van der Waals surface area contributed by atoms with Crippen molar-refractivity contribution >= 4 is 5.91 Å². The molecular formula is C22H29N3O3. The first kappa shape index (κ1) is 18.8. The minimum absolute atomic E-state index is 0.0187. The molecule has 1 atom stereocenters. The van der Waals surface area contributed by atoms with Crippen molar-refractivity contribution in [2.45, 2.75) is 58.5 Å². The predicted octanol–water partition coefficient (Wildman–Crippen LogP) is 4.30. The van der Waals surface area contributed by atoms with E-state index in [2.05, 4.69) is 25.0 Å². The molecule has 1 amide bonds. The monoisotopic (exact) mass is 383 g/mol. The first-order chi connectivity index (χ1) is 13.6. The van der Waals surface area contributed by atoms with E-state index in [-0.39, 0.29) is 11.9 Å². The fraction of sp³-hybridized carbons (Fsp3) is 0.545. The second kappa shape index (κ2) is 7.86. The van der Waals surface area contributed by atoms with Gasteiger partial charge in [0.2, 0.25) is 0 Å². The van der Waals surface area contributed by atoms with E-state index in [9.17, 15) is 4.79 Å². The predicted molar refractivity (Wildman–Crippen MR) is 107 cm³/mol. The highest BCUT2D eigenvalue weighted by molar-refractivity contribution is 5.93. The number of benzene rings is 1. The molecule has 1 saturated heterocycles. The van der Waals surface area contributed by atoms with Crippen molar-refractivity contribution in [2.24, 2.45) is 0 Å². The molecule has 1 aromatic heterocycles. The molecule has 1 aromatic carbocycles. The number of aromatic nitrogens is 2. The normalized spacial score (nSPS) is 18.7. The van der Waals surface area contributed by atoms with Crippen LogP contribution < -0.4 is 9.47 Å². The first-order valence-corrected chi connectivity index (χ1v) is 10.4. The van der Waals surface area contributed by atoms with Gasteiger partial charge in [0.1, 0.15) is 13.2 Å². The fourth-order valence-corrected chi connectivity index (χ4v) is 4.37. The molecule has 3 heterocycles. The van der Waals surface area contributed by atoms with Gasteiger partial charge in [-0.1, -0.05) is 19.9 Å². The van der Waals surface area contributed by atoms with Crippen LogP contribution in [-0.4, -0.2) is 40.3 Å². The Morgan fingerprint density at radius 1 is 1.18 bits per heavy atom. The van der Waals surface area contributed by atoms with Gasteiger partial charge in [0, 0.05) is 12.2 Å². The molecule has 28 heavy (non-hydrogen) atoms.